The van der Waals surface area contributed by atoms with Crippen LogP contribution in [0.1, 0.15) is 44.6 Å². The van der Waals surface area contributed by atoms with Crippen LogP contribution in [0.25, 0.3) is 0 Å². The molecule has 1 fully saturated rings. The van der Waals surface area contributed by atoms with Crippen LogP contribution in [0.15, 0.2) is 41.3 Å². The number of hydrogen-bond donors (Lipinski definition) is 1. The Hall–Kier alpha value is -1.75. The van der Waals surface area contributed by atoms with Gasteiger partial charge in [-0.05, 0) is 61.6 Å². The first-order valence-corrected chi connectivity index (χ1v) is 15.1. The third-order valence-electron chi connectivity index (χ3n) is 7.12. The Morgan fingerprint density at radius 3 is 2.46 bits per heavy atom. The minimum Gasteiger partial charge on any atom is -0.490 e. The van der Waals surface area contributed by atoms with E-state index in [1.54, 1.807) is 0 Å². The molecule has 0 bridgehead atoms. The molecule has 0 unspecified atom stereocenters. The van der Waals surface area contributed by atoms with Crippen molar-refractivity contribution in [2.45, 2.75) is 48.7 Å². The van der Waals surface area contributed by atoms with Gasteiger partial charge >= 0.3 is 0 Å². The predicted octanol–water partition coefficient (Wildman–Crippen LogP) is 4.82. The molecule has 2 aliphatic rings. The lowest BCUT2D eigenvalue weighted by Gasteiger charge is -2.50. The highest BCUT2D eigenvalue weighted by Gasteiger charge is 2.60. The number of ether oxygens (including phenoxy) is 1. The molecule has 1 saturated carbocycles. The van der Waals surface area contributed by atoms with Gasteiger partial charge in [-0.2, -0.15) is 0 Å². The molecule has 1 aliphatic heterocycles. The van der Waals surface area contributed by atoms with Gasteiger partial charge in [0.25, 0.3) is 0 Å². The normalized spacial score (nSPS) is 24.3. The highest BCUT2D eigenvalue weighted by molar-refractivity contribution is 7.92. The molecule has 4 rings (SSSR count). The van der Waals surface area contributed by atoms with Gasteiger partial charge in [-0.3, -0.25) is 0 Å². The van der Waals surface area contributed by atoms with Crippen LogP contribution in [-0.4, -0.2) is 35.7 Å². The van der Waals surface area contributed by atoms with E-state index in [-0.39, 0.29) is 35.8 Å². The van der Waals surface area contributed by atoms with Gasteiger partial charge in [0.1, 0.15) is 10.6 Å². The first kappa shape index (κ1) is 26.3. The number of benzene rings is 2. The van der Waals surface area contributed by atoms with Crippen LogP contribution in [0.5, 0.6) is 5.75 Å². The topological polar surface area (TPSA) is 89.5 Å². The Morgan fingerprint density at radius 2 is 1.77 bits per heavy atom. The molecule has 0 saturated heterocycles. The number of halogens is 3. The van der Waals surface area contributed by atoms with E-state index in [0.29, 0.717) is 30.7 Å². The van der Waals surface area contributed by atoms with Crippen LogP contribution in [0.3, 0.4) is 0 Å². The van der Waals surface area contributed by atoms with Gasteiger partial charge in [0, 0.05) is 17.5 Å². The SMILES string of the molecule is CCCCS(=O)(=O)NC[C@@H]1CCC[C@@]2(S(=O)(=O)c3ccc(Cl)cc3)c3c(F)ccc(F)c3OC[C@@H]12. The summed E-state index contributed by atoms with van der Waals surface area (Å²) in [6.45, 7) is 1.70. The van der Waals surface area contributed by atoms with Crippen LogP contribution in [0, 0.1) is 23.5 Å². The van der Waals surface area contributed by atoms with E-state index in [1.165, 1.54) is 24.3 Å². The number of unbranched alkanes of at least 4 members (excludes halogenated alkanes) is 1. The molecule has 11 heteroatoms. The quantitative estimate of drug-likeness (QED) is 0.512. The average molecular weight is 548 g/mol. The zero-order chi connectivity index (χ0) is 25.4. The molecule has 2 aromatic carbocycles. The Bertz CT molecular complexity index is 1300. The molecule has 0 radical (unpaired) electrons. The third-order valence-corrected chi connectivity index (χ3v) is 11.4. The lowest BCUT2D eigenvalue weighted by Crippen LogP contribution is -2.55. The Balaban J connectivity index is 1.84. The third kappa shape index (κ3) is 4.70. The lowest BCUT2D eigenvalue weighted by atomic mass is 9.67. The standard InChI is InChI=1S/C24H28ClF2NO5S2/c1-2-3-13-34(29,30)28-14-16-5-4-12-24(35(31,32)18-8-6-17(25)7-9-18)19(16)15-33-23-21(27)11-10-20(26)22(23)24/h6-11,16,19,28H,2-5,12-15H2,1H3/t16-,19-,24-/m0/s1. The molecule has 1 aliphatic carbocycles. The summed E-state index contributed by atoms with van der Waals surface area (Å²) in [5, 5.41) is 0.339. The Labute approximate surface area is 210 Å². The molecule has 3 atom stereocenters. The summed E-state index contributed by atoms with van der Waals surface area (Å²) in [4.78, 5) is -0.0624. The maximum atomic E-state index is 15.4. The van der Waals surface area contributed by atoms with Crippen molar-refractivity contribution >= 4 is 31.5 Å². The van der Waals surface area contributed by atoms with Crippen molar-refractivity contribution < 1.29 is 30.4 Å². The van der Waals surface area contributed by atoms with Crippen LogP contribution >= 0.6 is 11.6 Å². The summed E-state index contributed by atoms with van der Waals surface area (Å²) >= 11 is 5.96. The van der Waals surface area contributed by atoms with Crippen LogP contribution in [0.4, 0.5) is 8.78 Å². The summed E-state index contributed by atoms with van der Waals surface area (Å²) < 4.78 is 89.9. The second-order valence-corrected chi connectivity index (χ2v) is 13.7. The fraction of sp³-hybridized carbons (Fsp3) is 0.500. The van der Waals surface area contributed by atoms with E-state index < -0.39 is 53.8 Å². The number of hydrogen-bond acceptors (Lipinski definition) is 5. The number of sulfone groups is 1. The van der Waals surface area contributed by atoms with Gasteiger partial charge in [0.05, 0.1) is 22.8 Å². The summed E-state index contributed by atoms with van der Waals surface area (Å²) in [6.07, 6.45) is 2.18. The van der Waals surface area contributed by atoms with E-state index in [1.807, 2.05) is 6.92 Å². The fourth-order valence-corrected chi connectivity index (χ4v) is 9.25. The number of nitrogens with one attached hydrogen (secondary N) is 1. The van der Waals surface area contributed by atoms with Crippen LogP contribution < -0.4 is 9.46 Å². The first-order valence-electron chi connectivity index (χ1n) is 11.6. The predicted molar refractivity (Wildman–Crippen MR) is 130 cm³/mol. The molecule has 0 amide bonds. The van der Waals surface area contributed by atoms with Crippen molar-refractivity contribution in [3.05, 3.63) is 58.6 Å². The first-order chi connectivity index (χ1) is 16.5. The average Bonchev–Trinajstić information content (AvgIpc) is 2.83. The molecule has 6 nitrogen and oxygen atoms in total. The lowest BCUT2D eigenvalue weighted by molar-refractivity contribution is 0.0771. The van der Waals surface area contributed by atoms with Gasteiger partial charge in [0.15, 0.2) is 21.4 Å². The molecule has 1 N–H and O–H groups in total. The molecule has 2 aromatic rings. The van der Waals surface area contributed by atoms with Gasteiger partial charge in [-0.15, -0.1) is 0 Å². The smallest absolute Gasteiger partial charge is 0.211 e. The summed E-state index contributed by atoms with van der Waals surface area (Å²) in [5.74, 6) is -3.40. The summed E-state index contributed by atoms with van der Waals surface area (Å²) in [7, 11) is -7.83. The second kappa shape index (κ2) is 9.95. The molecular weight excluding hydrogens is 520 g/mol. The molecule has 0 aromatic heterocycles. The minimum atomic E-state index is -4.28. The highest BCUT2D eigenvalue weighted by Crippen LogP contribution is 2.58. The van der Waals surface area contributed by atoms with Crippen molar-refractivity contribution in [1.29, 1.82) is 0 Å². The molecule has 1 heterocycles. The molecule has 0 spiro atoms. The van der Waals surface area contributed by atoms with Gasteiger partial charge in [-0.25, -0.2) is 30.3 Å². The summed E-state index contributed by atoms with van der Waals surface area (Å²) in [6, 6.07) is 7.41. The number of fused-ring (bicyclic) bond motifs is 3. The Morgan fingerprint density at radius 1 is 1.09 bits per heavy atom. The zero-order valence-corrected chi connectivity index (χ0v) is 21.7. The van der Waals surface area contributed by atoms with Crippen molar-refractivity contribution in [2.24, 2.45) is 11.8 Å². The maximum Gasteiger partial charge on any atom is 0.211 e. The van der Waals surface area contributed by atoms with E-state index in [9.17, 15) is 21.2 Å². The number of sulfonamides is 1. The van der Waals surface area contributed by atoms with Crippen molar-refractivity contribution in [1.82, 2.24) is 4.72 Å². The highest BCUT2D eigenvalue weighted by atomic mass is 35.5. The summed E-state index contributed by atoms with van der Waals surface area (Å²) in [5.41, 5.74) is -0.317. The number of rotatable bonds is 8. The second-order valence-electron chi connectivity index (χ2n) is 9.17. The van der Waals surface area contributed by atoms with Crippen molar-refractivity contribution in [3.63, 3.8) is 0 Å². The van der Waals surface area contributed by atoms with Crippen molar-refractivity contribution in [2.75, 3.05) is 18.9 Å². The fourth-order valence-electron chi connectivity index (χ4n) is 5.39. The largest absolute Gasteiger partial charge is 0.490 e. The van der Waals surface area contributed by atoms with E-state index in [0.717, 1.165) is 12.1 Å². The maximum absolute atomic E-state index is 15.4. The van der Waals surface area contributed by atoms with Gasteiger partial charge in [0.2, 0.25) is 10.0 Å². The van der Waals surface area contributed by atoms with Gasteiger partial charge < -0.3 is 4.74 Å². The van der Waals surface area contributed by atoms with Crippen LogP contribution in [-0.2, 0) is 24.6 Å². The van der Waals surface area contributed by atoms with E-state index in [2.05, 4.69) is 4.72 Å². The Kier molecular flexibility index (Phi) is 7.48. The van der Waals surface area contributed by atoms with Crippen LogP contribution in [0.2, 0.25) is 5.02 Å². The van der Waals surface area contributed by atoms with E-state index >= 15 is 4.39 Å². The molecule has 192 valence electrons. The minimum absolute atomic E-state index is 0.00969. The van der Waals surface area contributed by atoms with Crippen molar-refractivity contribution in [3.8, 4) is 5.75 Å². The molecule has 35 heavy (non-hydrogen) atoms. The molecular formula is C24H28ClF2NO5S2. The van der Waals surface area contributed by atoms with Gasteiger partial charge in [-0.1, -0.05) is 31.4 Å². The zero-order valence-electron chi connectivity index (χ0n) is 19.3. The van der Waals surface area contributed by atoms with E-state index in [4.69, 9.17) is 16.3 Å². The monoisotopic (exact) mass is 547 g/mol.